The van der Waals surface area contributed by atoms with Crippen molar-refractivity contribution in [2.45, 2.75) is 25.4 Å². The van der Waals surface area contributed by atoms with Crippen LogP contribution in [0.3, 0.4) is 0 Å². The molecule has 0 bridgehead atoms. The molecule has 0 aliphatic heterocycles. The highest BCUT2D eigenvalue weighted by Crippen LogP contribution is 2.38. The Labute approximate surface area is 87.5 Å². The number of amides is 1. The molecule has 0 saturated heterocycles. The van der Waals surface area contributed by atoms with Crippen molar-refractivity contribution in [1.82, 2.24) is 5.32 Å². The first-order chi connectivity index (χ1) is 7.08. The highest BCUT2D eigenvalue weighted by Gasteiger charge is 2.48. The molecule has 15 heavy (non-hydrogen) atoms. The lowest BCUT2D eigenvalue weighted by Gasteiger charge is -2.31. The van der Waals surface area contributed by atoms with Crippen LogP contribution in [0.2, 0.25) is 0 Å². The summed E-state index contributed by atoms with van der Waals surface area (Å²) in [5, 5.41) is 20.4. The molecule has 0 heterocycles. The molecular weight excluding hydrogens is 198 g/mol. The van der Waals surface area contributed by atoms with E-state index in [0.29, 0.717) is 18.9 Å². The zero-order valence-corrected chi connectivity index (χ0v) is 8.35. The number of aliphatic hydroxyl groups excluding tert-OH is 1. The smallest absolute Gasteiger partial charge is 0.307 e. The summed E-state index contributed by atoms with van der Waals surface area (Å²) in [6, 6.07) is 0. The first-order valence-corrected chi connectivity index (χ1v) is 5.26. The van der Waals surface area contributed by atoms with Crippen LogP contribution < -0.4 is 5.32 Å². The van der Waals surface area contributed by atoms with Crippen LogP contribution in [0.25, 0.3) is 0 Å². The summed E-state index contributed by atoms with van der Waals surface area (Å²) in [5.74, 6) is -1.46. The van der Waals surface area contributed by atoms with Gasteiger partial charge in [-0.2, -0.15) is 0 Å². The van der Waals surface area contributed by atoms with Crippen molar-refractivity contribution in [3.05, 3.63) is 0 Å². The van der Waals surface area contributed by atoms with E-state index in [-0.39, 0.29) is 17.9 Å². The van der Waals surface area contributed by atoms with Crippen molar-refractivity contribution in [3.8, 4) is 0 Å². The molecule has 2 saturated carbocycles. The Balaban J connectivity index is 1.64. The maximum absolute atomic E-state index is 11.4. The number of carboxylic acid groups (broad SMARTS) is 1. The van der Waals surface area contributed by atoms with Gasteiger partial charge in [0.25, 0.3) is 0 Å². The molecule has 5 heteroatoms. The fourth-order valence-electron chi connectivity index (χ4n) is 2.00. The number of carboxylic acids is 1. The Hall–Kier alpha value is -1.10. The normalized spacial score (nSPS) is 37.9. The lowest BCUT2D eigenvalue weighted by molar-refractivity contribution is -0.140. The molecule has 0 spiro atoms. The zero-order chi connectivity index (χ0) is 11.0. The van der Waals surface area contributed by atoms with E-state index in [9.17, 15) is 9.59 Å². The van der Waals surface area contributed by atoms with E-state index in [1.165, 1.54) is 0 Å². The number of rotatable bonds is 4. The van der Waals surface area contributed by atoms with E-state index >= 15 is 0 Å². The van der Waals surface area contributed by atoms with Crippen molar-refractivity contribution in [1.29, 1.82) is 0 Å². The molecule has 0 aromatic carbocycles. The van der Waals surface area contributed by atoms with Crippen molar-refractivity contribution in [2.75, 3.05) is 6.54 Å². The van der Waals surface area contributed by atoms with Gasteiger partial charge in [0.1, 0.15) is 0 Å². The van der Waals surface area contributed by atoms with Crippen LogP contribution in [0.15, 0.2) is 0 Å². The number of nitrogens with one attached hydrogen (secondary N) is 1. The monoisotopic (exact) mass is 213 g/mol. The van der Waals surface area contributed by atoms with Crippen LogP contribution in [0.1, 0.15) is 19.3 Å². The molecule has 0 aromatic rings. The second-order valence-corrected chi connectivity index (χ2v) is 4.52. The van der Waals surface area contributed by atoms with E-state index in [4.69, 9.17) is 10.2 Å². The SMILES string of the molecule is O=C(O)[C@H]1C[C@H]1C(=O)NCC1CC(O)C1. The Morgan fingerprint density at radius 2 is 1.87 bits per heavy atom. The molecule has 0 aromatic heterocycles. The number of hydrogen-bond acceptors (Lipinski definition) is 3. The topological polar surface area (TPSA) is 86.6 Å². The molecule has 0 radical (unpaired) electrons. The molecule has 3 N–H and O–H groups in total. The van der Waals surface area contributed by atoms with Gasteiger partial charge in [0, 0.05) is 6.54 Å². The number of aliphatic carboxylic acids is 1. The number of carbonyl (C=O) groups is 2. The molecule has 2 aliphatic carbocycles. The molecule has 2 fully saturated rings. The standard InChI is InChI=1S/C10H15NO4/c12-6-1-5(2-6)4-11-9(13)7-3-8(7)10(14)15/h5-8,12H,1-4H2,(H,11,13)(H,14,15)/t5?,6?,7-,8+/m1/s1. The Morgan fingerprint density at radius 1 is 1.20 bits per heavy atom. The van der Waals surface area contributed by atoms with Gasteiger partial charge in [-0.15, -0.1) is 0 Å². The van der Waals surface area contributed by atoms with Gasteiger partial charge in [-0.3, -0.25) is 9.59 Å². The quantitative estimate of drug-likeness (QED) is 0.592. The van der Waals surface area contributed by atoms with Gasteiger partial charge in [0.05, 0.1) is 17.9 Å². The fourth-order valence-corrected chi connectivity index (χ4v) is 2.00. The Kier molecular flexibility index (Phi) is 2.65. The zero-order valence-electron chi connectivity index (χ0n) is 8.35. The summed E-state index contributed by atoms with van der Waals surface area (Å²) in [5.41, 5.74) is 0. The highest BCUT2D eigenvalue weighted by molar-refractivity contribution is 5.89. The highest BCUT2D eigenvalue weighted by atomic mass is 16.4. The second-order valence-electron chi connectivity index (χ2n) is 4.52. The van der Waals surface area contributed by atoms with Crippen LogP contribution in [-0.4, -0.2) is 34.7 Å². The third-order valence-electron chi connectivity index (χ3n) is 3.22. The van der Waals surface area contributed by atoms with Gasteiger partial charge in [-0.05, 0) is 25.2 Å². The van der Waals surface area contributed by atoms with Crippen molar-refractivity contribution in [2.24, 2.45) is 17.8 Å². The number of aliphatic hydroxyl groups is 1. The average molecular weight is 213 g/mol. The lowest BCUT2D eigenvalue weighted by Crippen LogP contribution is -2.39. The number of hydrogen-bond donors (Lipinski definition) is 3. The van der Waals surface area contributed by atoms with Crippen LogP contribution in [-0.2, 0) is 9.59 Å². The molecule has 1 amide bonds. The van der Waals surface area contributed by atoms with Gasteiger partial charge in [0.2, 0.25) is 5.91 Å². The Morgan fingerprint density at radius 3 is 2.33 bits per heavy atom. The minimum atomic E-state index is -0.880. The molecule has 2 aliphatic rings. The largest absolute Gasteiger partial charge is 0.481 e. The molecule has 2 atom stereocenters. The summed E-state index contributed by atoms with van der Waals surface area (Å²) < 4.78 is 0. The van der Waals surface area contributed by atoms with Crippen LogP contribution in [0.5, 0.6) is 0 Å². The summed E-state index contributed by atoms with van der Waals surface area (Å²) >= 11 is 0. The molecule has 2 rings (SSSR count). The van der Waals surface area contributed by atoms with Gasteiger partial charge in [-0.25, -0.2) is 0 Å². The van der Waals surface area contributed by atoms with E-state index in [1.807, 2.05) is 0 Å². The van der Waals surface area contributed by atoms with Crippen LogP contribution in [0, 0.1) is 17.8 Å². The molecule has 5 nitrogen and oxygen atoms in total. The second kappa shape index (κ2) is 3.81. The van der Waals surface area contributed by atoms with Gasteiger partial charge >= 0.3 is 5.97 Å². The number of carbonyl (C=O) groups excluding carboxylic acids is 1. The predicted molar refractivity (Wildman–Crippen MR) is 51.0 cm³/mol. The maximum Gasteiger partial charge on any atom is 0.307 e. The van der Waals surface area contributed by atoms with Gasteiger partial charge in [0.15, 0.2) is 0 Å². The summed E-state index contributed by atoms with van der Waals surface area (Å²) in [7, 11) is 0. The van der Waals surface area contributed by atoms with Gasteiger partial charge < -0.3 is 15.5 Å². The third-order valence-corrected chi connectivity index (χ3v) is 3.22. The summed E-state index contributed by atoms with van der Waals surface area (Å²) in [6.45, 7) is 0.568. The van der Waals surface area contributed by atoms with E-state index in [1.54, 1.807) is 0 Å². The third kappa shape index (κ3) is 2.28. The van der Waals surface area contributed by atoms with Gasteiger partial charge in [-0.1, -0.05) is 0 Å². The molecule has 84 valence electrons. The summed E-state index contributed by atoms with van der Waals surface area (Å²) in [4.78, 5) is 21.9. The van der Waals surface area contributed by atoms with Crippen molar-refractivity contribution >= 4 is 11.9 Å². The van der Waals surface area contributed by atoms with Crippen LogP contribution in [0.4, 0.5) is 0 Å². The minimum absolute atomic E-state index is 0.149. The molecule has 0 unspecified atom stereocenters. The average Bonchev–Trinajstić information content (AvgIpc) is 2.89. The first kappa shape index (κ1) is 10.4. The summed E-state index contributed by atoms with van der Waals surface area (Å²) in [6.07, 6.45) is 1.74. The van der Waals surface area contributed by atoms with Crippen molar-refractivity contribution in [3.63, 3.8) is 0 Å². The van der Waals surface area contributed by atoms with E-state index in [0.717, 1.165) is 12.8 Å². The first-order valence-electron chi connectivity index (χ1n) is 5.26. The maximum atomic E-state index is 11.4. The fraction of sp³-hybridized carbons (Fsp3) is 0.800. The van der Waals surface area contributed by atoms with Crippen molar-refractivity contribution < 1.29 is 19.8 Å². The van der Waals surface area contributed by atoms with Crippen LogP contribution >= 0.6 is 0 Å². The lowest BCUT2D eigenvalue weighted by atomic mass is 9.82. The predicted octanol–water partition coefficient (Wildman–Crippen LogP) is -0.406. The van der Waals surface area contributed by atoms with E-state index < -0.39 is 11.9 Å². The Bertz CT molecular complexity index is 285. The van der Waals surface area contributed by atoms with E-state index in [2.05, 4.69) is 5.32 Å². The molecular formula is C10H15NO4. The minimum Gasteiger partial charge on any atom is -0.481 e.